The molecule has 0 bridgehead atoms. The molecular weight excluding hydrogens is 436 g/mol. The van der Waals surface area contributed by atoms with E-state index in [-0.39, 0.29) is 11.9 Å². The highest BCUT2D eigenvalue weighted by Crippen LogP contribution is 2.29. The van der Waals surface area contributed by atoms with Crippen LogP contribution in [0.3, 0.4) is 0 Å². The highest BCUT2D eigenvalue weighted by Gasteiger charge is 2.33. The number of sulfonamides is 1. The van der Waals surface area contributed by atoms with Gasteiger partial charge in [-0.15, -0.1) is 11.3 Å². The number of hydrogen-bond donors (Lipinski definition) is 1. The van der Waals surface area contributed by atoms with E-state index in [1.165, 1.54) is 17.4 Å². The Balaban J connectivity index is 1.55. The fraction of sp³-hybridized carbons (Fsp3) is 0.409. The van der Waals surface area contributed by atoms with Crippen molar-refractivity contribution in [1.29, 1.82) is 0 Å². The van der Waals surface area contributed by atoms with Gasteiger partial charge in [-0.25, -0.2) is 8.42 Å². The van der Waals surface area contributed by atoms with Gasteiger partial charge >= 0.3 is 0 Å². The van der Waals surface area contributed by atoms with Crippen LogP contribution in [-0.4, -0.2) is 52.0 Å². The molecule has 1 atom stereocenters. The quantitative estimate of drug-likeness (QED) is 0.574. The van der Waals surface area contributed by atoms with Crippen molar-refractivity contribution < 1.29 is 22.7 Å². The molecule has 7 nitrogen and oxygen atoms in total. The summed E-state index contributed by atoms with van der Waals surface area (Å²) in [6, 6.07) is 8.70. The molecule has 2 aromatic rings. The first kappa shape index (κ1) is 23.3. The first-order valence-electron chi connectivity index (χ1n) is 10.2. The normalized spacial score (nSPS) is 17.5. The van der Waals surface area contributed by atoms with Crippen molar-refractivity contribution in [3.63, 3.8) is 0 Å². The number of ether oxygens (including phenoxy) is 2. The van der Waals surface area contributed by atoms with Crippen LogP contribution < -0.4 is 14.8 Å². The van der Waals surface area contributed by atoms with Crippen molar-refractivity contribution in [1.82, 2.24) is 9.62 Å². The van der Waals surface area contributed by atoms with Gasteiger partial charge in [0.1, 0.15) is 4.21 Å². The topological polar surface area (TPSA) is 84.9 Å². The lowest BCUT2D eigenvalue weighted by Crippen LogP contribution is -2.44. The van der Waals surface area contributed by atoms with Gasteiger partial charge in [-0.05, 0) is 54.5 Å². The van der Waals surface area contributed by atoms with E-state index in [1.54, 1.807) is 54.2 Å². The van der Waals surface area contributed by atoms with E-state index >= 15 is 0 Å². The minimum atomic E-state index is -3.47. The molecule has 0 spiro atoms. The van der Waals surface area contributed by atoms with Crippen molar-refractivity contribution in [2.75, 3.05) is 27.3 Å². The molecule has 1 saturated heterocycles. The Bertz CT molecular complexity index is 1000. The van der Waals surface area contributed by atoms with Crippen LogP contribution in [0, 0.1) is 0 Å². The van der Waals surface area contributed by atoms with E-state index in [2.05, 4.69) is 5.32 Å². The molecule has 1 aliphatic rings. The molecule has 168 valence electrons. The Morgan fingerprint density at radius 3 is 2.74 bits per heavy atom. The third kappa shape index (κ3) is 5.87. The SMILES string of the molecule is COc1ccc(/C=C/C(=O)NCCC2CCCCN2S(=O)(=O)c2cccs2)cc1OC. The third-order valence-electron chi connectivity index (χ3n) is 5.24. The second-order valence-electron chi connectivity index (χ2n) is 7.22. The van der Waals surface area contributed by atoms with E-state index < -0.39 is 10.0 Å². The van der Waals surface area contributed by atoms with Gasteiger partial charge in [-0.2, -0.15) is 4.31 Å². The minimum Gasteiger partial charge on any atom is -0.493 e. The van der Waals surface area contributed by atoms with Crippen LogP contribution in [0.2, 0.25) is 0 Å². The standard InChI is InChI=1S/C22H28N2O5S2/c1-28-19-10-8-17(16-20(19)29-2)9-11-21(25)23-13-12-18-6-3-4-14-24(18)31(26,27)22-7-5-15-30-22/h5,7-11,15-16,18H,3-4,6,12-14H2,1-2H3,(H,23,25)/b11-9+. The summed E-state index contributed by atoms with van der Waals surface area (Å²) < 4.78 is 38.3. The molecule has 1 fully saturated rings. The highest BCUT2D eigenvalue weighted by molar-refractivity contribution is 7.91. The Morgan fingerprint density at radius 1 is 1.23 bits per heavy atom. The third-order valence-corrected chi connectivity index (χ3v) is 8.57. The first-order valence-corrected chi connectivity index (χ1v) is 12.5. The van der Waals surface area contributed by atoms with Crippen LogP contribution in [0.5, 0.6) is 11.5 Å². The van der Waals surface area contributed by atoms with Crippen LogP contribution in [0.1, 0.15) is 31.2 Å². The summed E-state index contributed by atoms with van der Waals surface area (Å²) in [4.78, 5) is 12.2. The lowest BCUT2D eigenvalue weighted by atomic mass is 10.0. The Morgan fingerprint density at radius 2 is 2.03 bits per heavy atom. The summed E-state index contributed by atoms with van der Waals surface area (Å²) in [5.74, 6) is 0.992. The van der Waals surface area contributed by atoms with Gasteiger partial charge in [0.05, 0.1) is 14.2 Å². The summed E-state index contributed by atoms with van der Waals surface area (Å²) in [5, 5.41) is 4.63. The van der Waals surface area contributed by atoms with Gasteiger partial charge in [0, 0.05) is 25.2 Å². The number of nitrogens with one attached hydrogen (secondary N) is 1. The number of hydrogen-bond acceptors (Lipinski definition) is 6. The fourth-order valence-electron chi connectivity index (χ4n) is 3.65. The average Bonchev–Trinajstić information content (AvgIpc) is 3.33. The fourth-order valence-corrected chi connectivity index (χ4v) is 6.50. The second kappa shape index (κ2) is 10.8. The molecule has 0 radical (unpaired) electrons. The average molecular weight is 465 g/mol. The Labute approximate surface area is 187 Å². The zero-order valence-corrected chi connectivity index (χ0v) is 19.4. The van der Waals surface area contributed by atoms with Crippen molar-refractivity contribution in [2.24, 2.45) is 0 Å². The molecule has 0 saturated carbocycles. The monoisotopic (exact) mass is 464 g/mol. The summed E-state index contributed by atoms with van der Waals surface area (Å²) in [6.07, 6.45) is 6.41. The van der Waals surface area contributed by atoms with E-state index in [1.807, 2.05) is 6.07 Å². The van der Waals surface area contributed by atoms with E-state index in [0.29, 0.717) is 35.2 Å². The maximum absolute atomic E-state index is 12.9. The van der Waals surface area contributed by atoms with Crippen molar-refractivity contribution in [3.8, 4) is 11.5 Å². The number of methoxy groups -OCH3 is 2. The maximum atomic E-state index is 12.9. The zero-order chi connectivity index (χ0) is 22.3. The molecule has 0 aliphatic carbocycles. The molecule has 1 N–H and O–H groups in total. The van der Waals surface area contributed by atoms with E-state index in [0.717, 1.165) is 24.8 Å². The van der Waals surface area contributed by atoms with Crippen LogP contribution in [0.25, 0.3) is 6.08 Å². The number of thiophene rings is 1. The summed E-state index contributed by atoms with van der Waals surface area (Å²) in [7, 11) is -0.344. The summed E-state index contributed by atoms with van der Waals surface area (Å²) >= 11 is 1.24. The second-order valence-corrected chi connectivity index (χ2v) is 10.3. The van der Waals surface area contributed by atoms with E-state index in [4.69, 9.17) is 9.47 Å². The van der Waals surface area contributed by atoms with Crippen LogP contribution in [-0.2, 0) is 14.8 Å². The lowest BCUT2D eigenvalue weighted by molar-refractivity contribution is -0.116. The Hall–Kier alpha value is -2.36. The van der Waals surface area contributed by atoms with E-state index in [9.17, 15) is 13.2 Å². The van der Waals surface area contributed by atoms with Gasteiger partial charge in [-0.3, -0.25) is 4.79 Å². The largest absolute Gasteiger partial charge is 0.493 e. The number of rotatable bonds is 9. The zero-order valence-electron chi connectivity index (χ0n) is 17.7. The van der Waals surface area contributed by atoms with Crippen LogP contribution >= 0.6 is 11.3 Å². The number of carbonyl (C=O) groups is 1. The number of amides is 1. The number of carbonyl (C=O) groups excluding carboxylic acids is 1. The van der Waals surface area contributed by atoms with Crippen molar-refractivity contribution in [3.05, 3.63) is 47.4 Å². The Kier molecular flexibility index (Phi) is 8.11. The lowest BCUT2D eigenvalue weighted by Gasteiger charge is -2.34. The maximum Gasteiger partial charge on any atom is 0.252 e. The molecule has 1 aromatic carbocycles. The van der Waals surface area contributed by atoms with Crippen LogP contribution in [0.4, 0.5) is 0 Å². The molecule has 2 heterocycles. The van der Waals surface area contributed by atoms with Gasteiger partial charge in [0.25, 0.3) is 10.0 Å². The number of piperidine rings is 1. The smallest absolute Gasteiger partial charge is 0.252 e. The van der Waals surface area contributed by atoms with Crippen molar-refractivity contribution in [2.45, 2.75) is 35.9 Å². The predicted molar refractivity (Wildman–Crippen MR) is 122 cm³/mol. The summed E-state index contributed by atoms with van der Waals surface area (Å²) in [5.41, 5.74) is 0.813. The highest BCUT2D eigenvalue weighted by atomic mass is 32.2. The number of nitrogens with zero attached hydrogens (tertiary/aromatic N) is 1. The molecule has 31 heavy (non-hydrogen) atoms. The predicted octanol–water partition coefficient (Wildman–Crippen LogP) is 3.53. The van der Waals surface area contributed by atoms with Gasteiger partial charge < -0.3 is 14.8 Å². The van der Waals surface area contributed by atoms with Gasteiger partial charge in [0.15, 0.2) is 11.5 Å². The van der Waals surface area contributed by atoms with Gasteiger partial charge in [-0.1, -0.05) is 18.6 Å². The van der Waals surface area contributed by atoms with Crippen molar-refractivity contribution >= 4 is 33.3 Å². The molecule has 1 unspecified atom stereocenters. The molecule has 1 amide bonds. The number of benzene rings is 1. The molecule has 1 aliphatic heterocycles. The molecular formula is C22H28N2O5S2. The molecule has 9 heteroatoms. The first-order chi connectivity index (χ1) is 15.0. The minimum absolute atomic E-state index is 0.101. The van der Waals surface area contributed by atoms with Gasteiger partial charge in [0.2, 0.25) is 5.91 Å². The molecule has 1 aromatic heterocycles. The van der Waals surface area contributed by atoms with Crippen LogP contribution in [0.15, 0.2) is 46.0 Å². The summed E-state index contributed by atoms with van der Waals surface area (Å²) in [6.45, 7) is 0.939. The molecule has 3 rings (SSSR count).